The van der Waals surface area contributed by atoms with Gasteiger partial charge in [0, 0.05) is 12.6 Å². The zero-order valence-electron chi connectivity index (χ0n) is 15.2. The minimum absolute atomic E-state index is 0.162. The van der Waals surface area contributed by atoms with Gasteiger partial charge >= 0.3 is 0 Å². The standard InChI is InChI=1S/C17H35N3O/c1-9-17(6)16(21)20(15(18-17)10-12(2)3)14(13(4)5)11-19(7)8/h12-15,18H,9-11H2,1-8H3. The lowest BCUT2D eigenvalue weighted by Gasteiger charge is -2.37. The molecule has 3 unspecified atom stereocenters. The lowest BCUT2D eigenvalue weighted by molar-refractivity contribution is -0.136. The van der Waals surface area contributed by atoms with E-state index in [0.29, 0.717) is 11.8 Å². The van der Waals surface area contributed by atoms with E-state index in [1.54, 1.807) is 0 Å². The van der Waals surface area contributed by atoms with E-state index in [1.807, 2.05) is 0 Å². The van der Waals surface area contributed by atoms with Crippen LogP contribution in [0, 0.1) is 11.8 Å². The van der Waals surface area contributed by atoms with E-state index in [-0.39, 0.29) is 18.1 Å². The van der Waals surface area contributed by atoms with Crippen molar-refractivity contribution in [2.75, 3.05) is 20.6 Å². The highest BCUT2D eigenvalue weighted by molar-refractivity contribution is 5.88. The molecule has 21 heavy (non-hydrogen) atoms. The molecule has 1 rings (SSSR count). The van der Waals surface area contributed by atoms with Gasteiger partial charge in [-0.05, 0) is 45.7 Å². The highest BCUT2D eigenvalue weighted by Gasteiger charge is 2.49. The lowest BCUT2D eigenvalue weighted by atomic mass is 9.96. The van der Waals surface area contributed by atoms with Crippen LogP contribution in [0.15, 0.2) is 0 Å². The molecule has 3 atom stereocenters. The quantitative estimate of drug-likeness (QED) is 0.784. The molecule has 0 radical (unpaired) electrons. The van der Waals surface area contributed by atoms with E-state index in [2.05, 4.69) is 70.8 Å². The van der Waals surface area contributed by atoms with Gasteiger partial charge in [0.2, 0.25) is 5.91 Å². The van der Waals surface area contributed by atoms with Crippen LogP contribution in [0.2, 0.25) is 0 Å². The first kappa shape index (κ1) is 18.4. The summed E-state index contributed by atoms with van der Waals surface area (Å²) >= 11 is 0. The number of nitrogens with one attached hydrogen (secondary N) is 1. The number of nitrogens with zero attached hydrogens (tertiary/aromatic N) is 2. The summed E-state index contributed by atoms with van der Waals surface area (Å²) < 4.78 is 0. The first-order chi connectivity index (χ1) is 9.62. The number of hydrogen-bond donors (Lipinski definition) is 1. The SMILES string of the molecule is CCC1(C)NC(CC(C)C)N(C(CN(C)C)C(C)C)C1=O. The average molecular weight is 297 g/mol. The van der Waals surface area contributed by atoms with Crippen molar-refractivity contribution in [3.8, 4) is 0 Å². The molecule has 1 aliphatic heterocycles. The molecule has 1 heterocycles. The van der Waals surface area contributed by atoms with E-state index in [0.717, 1.165) is 19.4 Å². The van der Waals surface area contributed by atoms with Crippen LogP contribution in [-0.2, 0) is 4.79 Å². The van der Waals surface area contributed by atoms with Crippen LogP contribution in [0.3, 0.4) is 0 Å². The van der Waals surface area contributed by atoms with Gasteiger partial charge in [-0.1, -0.05) is 34.6 Å². The Balaban J connectivity index is 3.08. The second-order valence-electron chi connectivity index (χ2n) is 7.76. The Hall–Kier alpha value is -0.610. The summed E-state index contributed by atoms with van der Waals surface area (Å²) in [5, 5.41) is 3.61. The molecular formula is C17H35N3O. The predicted octanol–water partition coefficient (Wildman–Crippen LogP) is 2.55. The van der Waals surface area contributed by atoms with Gasteiger partial charge in [-0.2, -0.15) is 0 Å². The Bertz CT molecular complexity index is 354. The van der Waals surface area contributed by atoms with Gasteiger partial charge in [-0.25, -0.2) is 0 Å². The summed E-state index contributed by atoms with van der Waals surface area (Å²) in [4.78, 5) is 17.4. The van der Waals surface area contributed by atoms with Crippen LogP contribution in [0.25, 0.3) is 0 Å². The van der Waals surface area contributed by atoms with Crippen LogP contribution in [0.5, 0.6) is 0 Å². The average Bonchev–Trinajstić information content (AvgIpc) is 2.58. The van der Waals surface area contributed by atoms with Crippen molar-refractivity contribution >= 4 is 5.91 Å². The molecule has 0 aromatic rings. The monoisotopic (exact) mass is 297 g/mol. The molecular weight excluding hydrogens is 262 g/mol. The van der Waals surface area contributed by atoms with Crippen molar-refractivity contribution in [3.05, 3.63) is 0 Å². The number of likely N-dealkylation sites (N-methyl/N-ethyl adjacent to an activating group) is 1. The minimum Gasteiger partial charge on any atom is -0.321 e. The van der Waals surface area contributed by atoms with Crippen LogP contribution in [0.4, 0.5) is 0 Å². The Kier molecular flexibility index (Phi) is 6.23. The van der Waals surface area contributed by atoms with Crippen molar-refractivity contribution in [3.63, 3.8) is 0 Å². The predicted molar refractivity (Wildman–Crippen MR) is 89.1 cm³/mol. The van der Waals surface area contributed by atoms with Crippen LogP contribution in [0.1, 0.15) is 54.4 Å². The number of amides is 1. The van der Waals surface area contributed by atoms with Crippen molar-refractivity contribution in [2.24, 2.45) is 11.8 Å². The Morgan fingerprint density at radius 1 is 1.29 bits per heavy atom. The van der Waals surface area contributed by atoms with Gasteiger partial charge in [0.15, 0.2) is 0 Å². The molecule has 1 N–H and O–H groups in total. The van der Waals surface area contributed by atoms with Gasteiger partial charge in [0.25, 0.3) is 0 Å². The zero-order chi connectivity index (χ0) is 16.4. The smallest absolute Gasteiger partial charge is 0.244 e. The Labute approximate surface area is 131 Å². The van der Waals surface area contributed by atoms with Crippen molar-refractivity contribution in [1.82, 2.24) is 15.1 Å². The molecule has 1 aliphatic rings. The molecule has 0 spiro atoms. The molecule has 124 valence electrons. The highest BCUT2D eigenvalue weighted by atomic mass is 16.2. The maximum atomic E-state index is 13.0. The lowest BCUT2D eigenvalue weighted by Crippen LogP contribution is -2.52. The molecule has 0 aliphatic carbocycles. The molecule has 1 fully saturated rings. The third kappa shape index (κ3) is 4.19. The van der Waals surface area contributed by atoms with Crippen molar-refractivity contribution in [2.45, 2.75) is 72.1 Å². The van der Waals surface area contributed by atoms with Crippen molar-refractivity contribution in [1.29, 1.82) is 0 Å². The molecule has 1 saturated heterocycles. The normalized spacial score (nSPS) is 28.2. The topological polar surface area (TPSA) is 35.6 Å². The van der Waals surface area contributed by atoms with Gasteiger partial charge in [0.1, 0.15) is 0 Å². The maximum Gasteiger partial charge on any atom is 0.244 e. The molecule has 0 bridgehead atoms. The summed E-state index contributed by atoms with van der Waals surface area (Å²) in [6.07, 6.45) is 2.01. The van der Waals surface area contributed by atoms with E-state index >= 15 is 0 Å². The first-order valence-corrected chi connectivity index (χ1v) is 8.37. The van der Waals surface area contributed by atoms with Crippen LogP contribution < -0.4 is 5.32 Å². The minimum atomic E-state index is -0.404. The van der Waals surface area contributed by atoms with E-state index in [1.165, 1.54) is 0 Å². The van der Waals surface area contributed by atoms with Gasteiger partial charge < -0.3 is 9.80 Å². The summed E-state index contributed by atoms with van der Waals surface area (Å²) in [7, 11) is 4.17. The molecule has 0 aromatic carbocycles. The number of carbonyl (C=O) groups excluding carboxylic acids is 1. The van der Waals surface area contributed by atoms with Crippen molar-refractivity contribution < 1.29 is 4.79 Å². The van der Waals surface area contributed by atoms with Crippen LogP contribution >= 0.6 is 0 Å². The first-order valence-electron chi connectivity index (χ1n) is 8.37. The van der Waals surface area contributed by atoms with Gasteiger partial charge in [-0.15, -0.1) is 0 Å². The molecule has 4 nitrogen and oxygen atoms in total. The summed E-state index contributed by atoms with van der Waals surface area (Å²) in [6, 6.07) is 0.261. The molecule has 0 aromatic heterocycles. The Morgan fingerprint density at radius 3 is 2.24 bits per heavy atom. The number of carbonyl (C=O) groups is 1. The largest absolute Gasteiger partial charge is 0.321 e. The van der Waals surface area contributed by atoms with Crippen LogP contribution in [-0.4, -0.2) is 54.1 Å². The molecule has 4 heteroatoms. The van der Waals surface area contributed by atoms with E-state index in [9.17, 15) is 4.79 Å². The number of rotatable bonds is 7. The fourth-order valence-corrected chi connectivity index (χ4v) is 3.17. The third-order valence-electron chi connectivity index (χ3n) is 4.61. The fourth-order valence-electron chi connectivity index (χ4n) is 3.17. The third-order valence-corrected chi connectivity index (χ3v) is 4.61. The number of hydrogen-bond acceptors (Lipinski definition) is 3. The second kappa shape index (κ2) is 7.10. The Morgan fingerprint density at radius 2 is 1.86 bits per heavy atom. The maximum absolute atomic E-state index is 13.0. The molecule has 1 amide bonds. The highest BCUT2D eigenvalue weighted by Crippen LogP contribution is 2.30. The van der Waals surface area contributed by atoms with Gasteiger partial charge in [0.05, 0.1) is 11.7 Å². The second-order valence-corrected chi connectivity index (χ2v) is 7.76. The summed E-state index contributed by atoms with van der Waals surface area (Å²) in [5.74, 6) is 1.30. The van der Waals surface area contributed by atoms with Gasteiger partial charge in [-0.3, -0.25) is 10.1 Å². The fraction of sp³-hybridized carbons (Fsp3) is 0.941. The van der Waals surface area contributed by atoms with E-state index in [4.69, 9.17) is 0 Å². The zero-order valence-corrected chi connectivity index (χ0v) is 15.2. The summed E-state index contributed by atoms with van der Waals surface area (Å²) in [6.45, 7) is 13.9. The molecule has 0 saturated carbocycles. The summed E-state index contributed by atoms with van der Waals surface area (Å²) in [5.41, 5.74) is -0.404. The van der Waals surface area contributed by atoms with E-state index < -0.39 is 5.54 Å².